The van der Waals surface area contributed by atoms with Crippen LogP contribution in [0, 0.1) is 0 Å². The number of imidazole rings is 1. The van der Waals surface area contributed by atoms with Gasteiger partial charge in [0.25, 0.3) is 0 Å². The molecule has 0 aliphatic rings. The first-order valence-electron chi connectivity index (χ1n) is 8.74. The molecule has 0 aliphatic carbocycles. The zero-order valence-corrected chi connectivity index (χ0v) is 15.0. The molecule has 5 heteroatoms. The fraction of sp³-hybridized carbons (Fsp3) is 0.350. The van der Waals surface area contributed by atoms with Crippen LogP contribution in [-0.2, 0) is 12.8 Å². The second-order valence-corrected chi connectivity index (χ2v) is 6.04. The van der Waals surface area contributed by atoms with Gasteiger partial charge < -0.3 is 4.74 Å². The van der Waals surface area contributed by atoms with E-state index in [9.17, 15) is 4.79 Å². The molecule has 0 bridgehead atoms. The molecule has 0 atom stereocenters. The van der Waals surface area contributed by atoms with Crippen molar-refractivity contribution in [1.29, 1.82) is 0 Å². The summed E-state index contributed by atoms with van der Waals surface area (Å²) in [5, 5.41) is 0. The average molecular weight is 337 g/mol. The van der Waals surface area contributed by atoms with Crippen molar-refractivity contribution < 1.29 is 9.53 Å². The molecule has 3 rings (SSSR count). The highest BCUT2D eigenvalue weighted by molar-refractivity contribution is 6.07. The van der Waals surface area contributed by atoms with E-state index in [4.69, 9.17) is 4.74 Å². The minimum Gasteiger partial charge on any atom is -0.481 e. The Morgan fingerprint density at radius 3 is 2.44 bits per heavy atom. The maximum atomic E-state index is 12.7. The number of nitrogens with zero attached hydrogens (tertiary/aromatic N) is 3. The Morgan fingerprint density at radius 2 is 1.80 bits per heavy atom. The molecule has 2 aromatic heterocycles. The van der Waals surface area contributed by atoms with Crippen molar-refractivity contribution in [2.75, 3.05) is 7.11 Å². The summed E-state index contributed by atoms with van der Waals surface area (Å²) in [6.45, 7) is 4.28. The van der Waals surface area contributed by atoms with Gasteiger partial charge in [0, 0.05) is 23.0 Å². The largest absolute Gasteiger partial charge is 0.481 e. The number of carbonyl (C=O) groups excluding carboxylic acids is 1. The summed E-state index contributed by atoms with van der Waals surface area (Å²) in [7, 11) is 1.63. The number of hydrogen-bond acceptors (Lipinski definition) is 4. The lowest BCUT2D eigenvalue weighted by molar-refractivity contribution is 0.103. The number of carbonyl (C=O) groups is 1. The minimum absolute atomic E-state index is 0.0930. The number of ether oxygens (including phenoxy) is 1. The van der Waals surface area contributed by atoms with Gasteiger partial charge in [0.1, 0.15) is 5.69 Å². The normalized spacial score (nSPS) is 11.0. The Balaban J connectivity index is 2.16. The van der Waals surface area contributed by atoms with Crippen LogP contribution in [0.2, 0.25) is 0 Å². The zero-order chi connectivity index (χ0) is 17.8. The topological polar surface area (TPSA) is 56.5 Å². The van der Waals surface area contributed by atoms with Crippen molar-refractivity contribution in [3.63, 3.8) is 0 Å². The zero-order valence-electron chi connectivity index (χ0n) is 15.0. The monoisotopic (exact) mass is 337 g/mol. The Hall–Kier alpha value is -2.69. The molecule has 0 saturated heterocycles. The van der Waals surface area contributed by atoms with Gasteiger partial charge in [0.05, 0.1) is 7.11 Å². The average Bonchev–Trinajstić information content (AvgIpc) is 3.07. The molecule has 0 spiro atoms. The number of ketones is 1. The molecule has 1 aromatic carbocycles. The molecule has 0 N–H and O–H groups in total. The Morgan fingerprint density at radius 1 is 1.08 bits per heavy atom. The molecule has 0 saturated carbocycles. The van der Waals surface area contributed by atoms with Crippen molar-refractivity contribution in [3.8, 4) is 5.88 Å². The summed E-state index contributed by atoms with van der Waals surface area (Å²) in [6.07, 6.45) is 5.59. The smallest absolute Gasteiger partial charge is 0.238 e. The van der Waals surface area contributed by atoms with Crippen molar-refractivity contribution in [1.82, 2.24) is 14.4 Å². The van der Waals surface area contributed by atoms with Crippen LogP contribution in [0.25, 0.3) is 5.78 Å². The second-order valence-electron chi connectivity index (χ2n) is 6.04. The highest BCUT2D eigenvalue weighted by Crippen LogP contribution is 2.25. The molecule has 2 heterocycles. The van der Waals surface area contributed by atoms with Gasteiger partial charge in [-0.2, -0.15) is 4.98 Å². The van der Waals surface area contributed by atoms with E-state index in [0.717, 1.165) is 36.9 Å². The predicted molar refractivity (Wildman–Crippen MR) is 97.4 cm³/mol. The van der Waals surface area contributed by atoms with Crippen LogP contribution in [0.4, 0.5) is 0 Å². The number of methoxy groups -OCH3 is 1. The van der Waals surface area contributed by atoms with Crippen molar-refractivity contribution in [2.45, 2.75) is 39.5 Å². The molecule has 0 unspecified atom stereocenters. The van der Waals surface area contributed by atoms with Gasteiger partial charge in [-0.25, -0.2) is 4.98 Å². The fourth-order valence-electron chi connectivity index (χ4n) is 3.10. The summed E-state index contributed by atoms with van der Waals surface area (Å²) in [4.78, 5) is 21.7. The van der Waals surface area contributed by atoms with Crippen molar-refractivity contribution in [2.24, 2.45) is 0 Å². The third kappa shape index (κ3) is 3.27. The number of aryl methyl sites for hydroxylation is 1. The second kappa shape index (κ2) is 7.47. The van der Waals surface area contributed by atoms with E-state index in [-0.39, 0.29) is 5.78 Å². The van der Waals surface area contributed by atoms with Crippen LogP contribution in [0.15, 0.2) is 36.5 Å². The maximum Gasteiger partial charge on any atom is 0.238 e. The summed E-state index contributed by atoms with van der Waals surface area (Å²) in [5.74, 6) is 1.03. The SMILES string of the molecule is CCCc1c(OC)nc2nc(C(=O)c3ccccc3)cn2c1CCC. The molecule has 0 fully saturated rings. The molecule has 0 aliphatic heterocycles. The highest BCUT2D eigenvalue weighted by atomic mass is 16.5. The molecule has 5 nitrogen and oxygen atoms in total. The van der Waals surface area contributed by atoms with E-state index in [0.29, 0.717) is 22.9 Å². The molecule has 3 aromatic rings. The van der Waals surface area contributed by atoms with E-state index in [1.807, 2.05) is 22.6 Å². The number of fused-ring (bicyclic) bond motifs is 1. The Labute approximate surface area is 147 Å². The lowest BCUT2D eigenvalue weighted by Gasteiger charge is -2.14. The van der Waals surface area contributed by atoms with Crippen LogP contribution >= 0.6 is 0 Å². The highest BCUT2D eigenvalue weighted by Gasteiger charge is 2.19. The summed E-state index contributed by atoms with van der Waals surface area (Å²) in [5.41, 5.74) is 3.27. The van der Waals surface area contributed by atoms with Crippen LogP contribution in [0.3, 0.4) is 0 Å². The summed E-state index contributed by atoms with van der Waals surface area (Å²) < 4.78 is 7.45. The van der Waals surface area contributed by atoms with E-state index < -0.39 is 0 Å². The first-order valence-corrected chi connectivity index (χ1v) is 8.74. The van der Waals surface area contributed by atoms with Crippen molar-refractivity contribution in [3.05, 3.63) is 59.0 Å². The number of hydrogen-bond donors (Lipinski definition) is 0. The molecule has 130 valence electrons. The summed E-state index contributed by atoms with van der Waals surface area (Å²) >= 11 is 0. The summed E-state index contributed by atoms with van der Waals surface area (Å²) in [6, 6.07) is 9.20. The number of aromatic nitrogens is 3. The molecule has 0 radical (unpaired) electrons. The van der Waals surface area contributed by atoms with Gasteiger partial charge in [-0.1, -0.05) is 57.0 Å². The van der Waals surface area contributed by atoms with E-state index in [2.05, 4.69) is 23.8 Å². The van der Waals surface area contributed by atoms with Gasteiger partial charge in [-0.05, 0) is 12.8 Å². The van der Waals surface area contributed by atoms with Crippen LogP contribution < -0.4 is 4.74 Å². The Kier molecular flexibility index (Phi) is 5.12. The maximum absolute atomic E-state index is 12.7. The van der Waals surface area contributed by atoms with Crippen LogP contribution in [0.1, 0.15) is 54.0 Å². The third-order valence-corrected chi connectivity index (χ3v) is 4.23. The molecular formula is C20H23N3O2. The van der Waals surface area contributed by atoms with Crippen LogP contribution in [-0.4, -0.2) is 27.3 Å². The fourth-order valence-corrected chi connectivity index (χ4v) is 3.10. The molecular weight excluding hydrogens is 314 g/mol. The Bertz CT molecular complexity index is 885. The van der Waals surface area contributed by atoms with Gasteiger partial charge in [0.2, 0.25) is 17.4 Å². The molecule has 25 heavy (non-hydrogen) atoms. The minimum atomic E-state index is -0.0930. The predicted octanol–water partition coefficient (Wildman–Crippen LogP) is 3.87. The molecule has 0 amide bonds. The number of benzene rings is 1. The van der Waals surface area contributed by atoms with Crippen LogP contribution in [0.5, 0.6) is 5.88 Å². The lowest BCUT2D eigenvalue weighted by Crippen LogP contribution is -2.07. The van der Waals surface area contributed by atoms with E-state index >= 15 is 0 Å². The van der Waals surface area contributed by atoms with E-state index in [1.54, 1.807) is 25.4 Å². The third-order valence-electron chi connectivity index (χ3n) is 4.23. The van der Waals surface area contributed by atoms with Crippen molar-refractivity contribution >= 4 is 11.6 Å². The van der Waals surface area contributed by atoms with Gasteiger partial charge in [0.15, 0.2) is 0 Å². The number of rotatable bonds is 7. The standard InChI is InChI=1S/C20H23N3O2/c1-4-9-15-17(10-5-2)23-13-16(21-20(23)22-19(15)25-3)18(24)14-11-7-6-8-12-14/h6-8,11-13H,4-5,9-10H2,1-3H3. The quantitative estimate of drug-likeness (QED) is 0.614. The lowest BCUT2D eigenvalue weighted by atomic mass is 10.1. The first kappa shape index (κ1) is 17.1. The van der Waals surface area contributed by atoms with Gasteiger partial charge in [-0.3, -0.25) is 9.20 Å². The first-order chi connectivity index (χ1) is 12.2. The van der Waals surface area contributed by atoms with Gasteiger partial charge >= 0.3 is 0 Å². The van der Waals surface area contributed by atoms with Gasteiger partial charge in [-0.15, -0.1) is 0 Å². The van der Waals surface area contributed by atoms with E-state index in [1.165, 1.54) is 0 Å².